The van der Waals surface area contributed by atoms with E-state index in [2.05, 4.69) is 6.07 Å². The Morgan fingerprint density at radius 1 is 1.00 bits per heavy atom. The van der Waals surface area contributed by atoms with Gasteiger partial charge in [0.2, 0.25) is 0 Å². The number of aromatic nitrogens is 1. The van der Waals surface area contributed by atoms with Crippen LogP contribution in [0.15, 0.2) is 60.9 Å². The van der Waals surface area contributed by atoms with Crippen LogP contribution in [0, 0.1) is 18.3 Å². The van der Waals surface area contributed by atoms with Gasteiger partial charge in [0.15, 0.2) is 5.78 Å². The van der Waals surface area contributed by atoms with Gasteiger partial charge in [-0.3, -0.25) is 4.79 Å². The predicted molar refractivity (Wildman–Crippen MR) is 90.7 cm³/mol. The number of benzene rings is 2. The molecule has 0 saturated carbocycles. The number of rotatable bonds is 3. The molecule has 23 heavy (non-hydrogen) atoms. The Bertz CT molecular complexity index is 894. The van der Waals surface area contributed by atoms with Crippen LogP contribution in [0.5, 0.6) is 0 Å². The maximum Gasteiger partial charge on any atom is 0.159 e. The van der Waals surface area contributed by atoms with E-state index in [1.807, 2.05) is 60.3 Å². The summed E-state index contributed by atoms with van der Waals surface area (Å²) in [4.78, 5) is 11.4. The molecule has 0 fully saturated rings. The maximum absolute atomic E-state index is 11.4. The molecule has 0 atom stereocenters. The van der Waals surface area contributed by atoms with Crippen molar-refractivity contribution in [3.8, 4) is 22.9 Å². The third-order valence-electron chi connectivity index (χ3n) is 3.88. The second kappa shape index (κ2) is 5.94. The molecule has 0 N–H and O–H groups in total. The van der Waals surface area contributed by atoms with E-state index in [0.29, 0.717) is 11.1 Å². The lowest BCUT2D eigenvalue weighted by Gasteiger charge is -2.03. The van der Waals surface area contributed by atoms with E-state index in [1.54, 1.807) is 19.1 Å². The van der Waals surface area contributed by atoms with Crippen molar-refractivity contribution in [2.75, 3.05) is 0 Å². The van der Waals surface area contributed by atoms with Crippen molar-refractivity contribution >= 4 is 5.78 Å². The molecule has 0 bridgehead atoms. The molecule has 0 saturated heterocycles. The van der Waals surface area contributed by atoms with Gasteiger partial charge in [-0.15, -0.1) is 0 Å². The molecule has 0 aliphatic rings. The Hall–Kier alpha value is -3.12. The van der Waals surface area contributed by atoms with E-state index in [9.17, 15) is 10.1 Å². The van der Waals surface area contributed by atoms with Gasteiger partial charge in [-0.25, -0.2) is 0 Å². The summed E-state index contributed by atoms with van der Waals surface area (Å²) in [7, 11) is 0. The average molecular weight is 300 g/mol. The van der Waals surface area contributed by atoms with Crippen LogP contribution in [0.1, 0.15) is 28.4 Å². The molecule has 0 radical (unpaired) electrons. The van der Waals surface area contributed by atoms with Gasteiger partial charge in [0, 0.05) is 29.2 Å². The Morgan fingerprint density at radius 2 is 1.65 bits per heavy atom. The normalized spacial score (nSPS) is 10.3. The van der Waals surface area contributed by atoms with E-state index in [-0.39, 0.29) is 5.78 Å². The third-order valence-corrected chi connectivity index (χ3v) is 3.88. The molecule has 1 aromatic heterocycles. The summed E-state index contributed by atoms with van der Waals surface area (Å²) in [5.74, 6) is 0.0436. The summed E-state index contributed by atoms with van der Waals surface area (Å²) in [5, 5.41) is 9.40. The van der Waals surface area contributed by atoms with Crippen LogP contribution in [0.4, 0.5) is 0 Å². The number of nitriles is 1. The molecule has 3 rings (SSSR count). The quantitative estimate of drug-likeness (QED) is 0.667. The molecule has 2 aromatic carbocycles. The number of carbonyl (C=O) groups excluding carboxylic acids is 1. The molecule has 0 unspecified atom stereocenters. The van der Waals surface area contributed by atoms with Crippen LogP contribution in [0.3, 0.4) is 0 Å². The lowest BCUT2D eigenvalue weighted by molar-refractivity contribution is 0.101. The van der Waals surface area contributed by atoms with Gasteiger partial charge < -0.3 is 4.57 Å². The van der Waals surface area contributed by atoms with Crippen LogP contribution >= 0.6 is 0 Å². The maximum atomic E-state index is 11.4. The molecular weight excluding hydrogens is 284 g/mol. The smallest absolute Gasteiger partial charge is 0.159 e. The highest BCUT2D eigenvalue weighted by molar-refractivity contribution is 5.94. The van der Waals surface area contributed by atoms with Crippen LogP contribution in [-0.2, 0) is 0 Å². The first-order chi connectivity index (χ1) is 11.1. The number of carbonyl (C=O) groups is 1. The highest BCUT2D eigenvalue weighted by Crippen LogP contribution is 2.26. The first kappa shape index (κ1) is 14.8. The molecule has 0 spiro atoms. The molecule has 0 amide bonds. The van der Waals surface area contributed by atoms with E-state index in [1.165, 1.54) is 5.56 Å². The van der Waals surface area contributed by atoms with Crippen LogP contribution in [-0.4, -0.2) is 10.4 Å². The number of nitrogens with zero attached hydrogens (tertiary/aromatic N) is 2. The van der Waals surface area contributed by atoms with Gasteiger partial charge >= 0.3 is 0 Å². The fourth-order valence-electron chi connectivity index (χ4n) is 2.52. The minimum Gasteiger partial charge on any atom is -0.322 e. The number of Topliss-reactive ketones (excluding diaryl/α,β-unsaturated/α-hetero) is 1. The Labute approximate surface area is 135 Å². The summed E-state index contributed by atoms with van der Waals surface area (Å²) < 4.78 is 1.91. The van der Waals surface area contributed by atoms with Crippen molar-refractivity contribution in [1.82, 2.24) is 4.57 Å². The first-order valence-corrected chi connectivity index (χ1v) is 7.39. The summed E-state index contributed by atoms with van der Waals surface area (Å²) in [5.41, 5.74) is 5.34. The van der Waals surface area contributed by atoms with Gasteiger partial charge in [0.1, 0.15) is 6.07 Å². The molecule has 3 aromatic rings. The van der Waals surface area contributed by atoms with Gasteiger partial charge in [0.05, 0.1) is 5.56 Å². The minimum absolute atomic E-state index is 0.0436. The highest BCUT2D eigenvalue weighted by Gasteiger charge is 2.10. The number of hydrogen-bond acceptors (Lipinski definition) is 2. The minimum atomic E-state index is 0.0436. The standard InChI is InChI=1S/C20H16N2O/c1-14-3-5-17(6-4-14)20-13-22(12-18(20)11-21)19-9-7-16(8-10-19)15(2)23/h3-10,12-13H,1-2H3. The summed E-state index contributed by atoms with van der Waals surface area (Å²) in [6.45, 7) is 3.59. The predicted octanol–water partition coefficient (Wildman–Crippen LogP) is 4.53. The van der Waals surface area contributed by atoms with Crippen LogP contribution in [0.2, 0.25) is 0 Å². The molecule has 3 heteroatoms. The van der Waals surface area contributed by atoms with Crippen LogP contribution < -0.4 is 0 Å². The zero-order valence-corrected chi connectivity index (χ0v) is 13.1. The lowest BCUT2D eigenvalue weighted by atomic mass is 10.0. The average Bonchev–Trinajstić information content (AvgIpc) is 3.00. The topological polar surface area (TPSA) is 45.8 Å². The first-order valence-electron chi connectivity index (χ1n) is 7.39. The largest absolute Gasteiger partial charge is 0.322 e. The van der Waals surface area contributed by atoms with Gasteiger partial charge in [-0.05, 0) is 43.7 Å². The molecule has 0 aliphatic carbocycles. The van der Waals surface area contributed by atoms with Crippen molar-refractivity contribution in [3.05, 3.63) is 77.6 Å². The van der Waals surface area contributed by atoms with Crippen molar-refractivity contribution < 1.29 is 4.79 Å². The van der Waals surface area contributed by atoms with Gasteiger partial charge in [0.25, 0.3) is 0 Å². The summed E-state index contributed by atoms with van der Waals surface area (Å²) in [6, 6.07) is 17.7. The Kier molecular flexibility index (Phi) is 3.82. The molecular formula is C20H16N2O. The molecule has 112 valence electrons. The van der Waals surface area contributed by atoms with Crippen molar-refractivity contribution in [3.63, 3.8) is 0 Å². The van der Waals surface area contributed by atoms with E-state index in [4.69, 9.17) is 0 Å². The second-order valence-electron chi connectivity index (χ2n) is 5.57. The molecule has 3 nitrogen and oxygen atoms in total. The number of aryl methyl sites for hydroxylation is 1. The second-order valence-corrected chi connectivity index (χ2v) is 5.57. The Morgan fingerprint density at radius 3 is 2.22 bits per heavy atom. The van der Waals surface area contributed by atoms with E-state index in [0.717, 1.165) is 16.8 Å². The zero-order chi connectivity index (χ0) is 16.4. The molecule has 1 heterocycles. The highest BCUT2D eigenvalue weighted by atomic mass is 16.1. The van der Waals surface area contributed by atoms with Crippen molar-refractivity contribution in [2.24, 2.45) is 0 Å². The van der Waals surface area contributed by atoms with Crippen molar-refractivity contribution in [2.45, 2.75) is 13.8 Å². The Balaban J connectivity index is 2.03. The summed E-state index contributed by atoms with van der Waals surface area (Å²) >= 11 is 0. The SMILES string of the molecule is CC(=O)c1ccc(-n2cc(C#N)c(-c3ccc(C)cc3)c2)cc1. The molecule has 0 aliphatic heterocycles. The fourth-order valence-corrected chi connectivity index (χ4v) is 2.52. The van der Waals surface area contributed by atoms with Gasteiger partial charge in [-0.2, -0.15) is 5.26 Å². The van der Waals surface area contributed by atoms with E-state index < -0.39 is 0 Å². The van der Waals surface area contributed by atoms with Crippen LogP contribution in [0.25, 0.3) is 16.8 Å². The number of hydrogen-bond donors (Lipinski definition) is 0. The fraction of sp³-hybridized carbons (Fsp3) is 0.100. The van der Waals surface area contributed by atoms with E-state index >= 15 is 0 Å². The third kappa shape index (κ3) is 2.93. The lowest BCUT2D eigenvalue weighted by Crippen LogP contribution is -1.94. The monoisotopic (exact) mass is 300 g/mol. The summed E-state index contributed by atoms with van der Waals surface area (Å²) in [6.07, 6.45) is 3.77. The van der Waals surface area contributed by atoms with Gasteiger partial charge in [-0.1, -0.05) is 29.8 Å². The zero-order valence-electron chi connectivity index (χ0n) is 13.1. The van der Waals surface area contributed by atoms with Crippen molar-refractivity contribution in [1.29, 1.82) is 5.26 Å². The number of ketones is 1.